The number of rotatable bonds is 7. The van der Waals surface area contributed by atoms with Gasteiger partial charge in [0.25, 0.3) is 0 Å². The molecule has 1 rings (SSSR count). The molecule has 0 aromatic carbocycles. The van der Waals surface area contributed by atoms with Crippen LogP contribution in [-0.2, 0) is 16.1 Å². The molecular weight excluding hydrogens is 246 g/mol. The molecule has 0 bridgehead atoms. The van der Waals surface area contributed by atoms with Crippen LogP contribution in [0.5, 0.6) is 5.75 Å². The largest absolute Gasteiger partial charge is 0.506 e. The normalized spacial score (nSPS) is 12.2. The average Bonchev–Trinajstić information content (AvgIpc) is 2.39. The Labute approximate surface area is 113 Å². The lowest BCUT2D eigenvalue weighted by atomic mass is 10.2. The second-order valence-electron chi connectivity index (χ2n) is 4.30. The number of hydrogen-bond acceptors (Lipinski definition) is 5. The predicted octanol–water partition coefficient (Wildman–Crippen LogP) is 0.336. The Kier molecular flexibility index (Phi) is 6.24. The van der Waals surface area contributed by atoms with Gasteiger partial charge in [-0.1, -0.05) is 0 Å². The molecule has 1 aromatic rings. The summed E-state index contributed by atoms with van der Waals surface area (Å²) in [6, 6.07) is 2.97. The molecule has 0 fully saturated rings. The van der Waals surface area contributed by atoms with Crippen LogP contribution in [0.25, 0.3) is 0 Å². The van der Waals surface area contributed by atoms with Gasteiger partial charge in [0.1, 0.15) is 5.75 Å². The molecule has 0 spiro atoms. The molecule has 0 aliphatic heterocycles. The molecule has 3 N–H and O–H groups in total. The number of nitrogens with one attached hydrogen (secondary N) is 2. The highest BCUT2D eigenvalue weighted by molar-refractivity contribution is 5.81. The number of methoxy groups -OCH3 is 1. The average molecular weight is 267 g/mol. The molecule has 1 unspecified atom stereocenters. The van der Waals surface area contributed by atoms with E-state index in [1.807, 2.05) is 6.92 Å². The second-order valence-corrected chi connectivity index (χ2v) is 4.30. The molecule has 0 aliphatic rings. The number of aromatic hydroxyl groups is 1. The highest BCUT2D eigenvalue weighted by Crippen LogP contribution is 2.14. The van der Waals surface area contributed by atoms with Crippen molar-refractivity contribution in [2.24, 2.45) is 0 Å². The monoisotopic (exact) mass is 267 g/mol. The van der Waals surface area contributed by atoms with Gasteiger partial charge in [-0.25, -0.2) is 0 Å². The van der Waals surface area contributed by atoms with Crippen molar-refractivity contribution in [2.45, 2.75) is 26.4 Å². The van der Waals surface area contributed by atoms with E-state index in [4.69, 9.17) is 4.74 Å². The molecule has 1 heterocycles. The minimum Gasteiger partial charge on any atom is -0.506 e. The summed E-state index contributed by atoms with van der Waals surface area (Å²) >= 11 is 0. The van der Waals surface area contributed by atoms with Crippen LogP contribution in [0.3, 0.4) is 0 Å². The Morgan fingerprint density at radius 1 is 1.53 bits per heavy atom. The van der Waals surface area contributed by atoms with Crippen LogP contribution in [0.15, 0.2) is 12.1 Å². The maximum atomic E-state index is 11.7. The van der Waals surface area contributed by atoms with E-state index in [2.05, 4.69) is 15.6 Å². The van der Waals surface area contributed by atoms with Crippen LogP contribution in [0, 0.1) is 6.92 Å². The molecular formula is C13H21N3O3. The second kappa shape index (κ2) is 7.70. The Morgan fingerprint density at radius 2 is 2.26 bits per heavy atom. The van der Waals surface area contributed by atoms with E-state index in [1.54, 1.807) is 26.2 Å². The standard InChI is InChI=1S/C13H21N3O3/c1-9-4-5-12(17)11(16-9)8-15-10(2)13(18)14-6-7-19-3/h4-5,10,15,17H,6-8H2,1-3H3,(H,14,18). The lowest BCUT2D eigenvalue weighted by Gasteiger charge is -2.14. The molecule has 1 amide bonds. The van der Waals surface area contributed by atoms with Crippen molar-refractivity contribution < 1.29 is 14.6 Å². The van der Waals surface area contributed by atoms with E-state index >= 15 is 0 Å². The van der Waals surface area contributed by atoms with Gasteiger partial charge in [-0.3, -0.25) is 9.78 Å². The van der Waals surface area contributed by atoms with Crippen molar-refractivity contribution in [3.8, 4) is 5.75 Å². The molecule has 0 radical (unpaired) electrons. The molecule has 19 heavy (non-hydrogen) atoms. The Bertz CT molecular complexity index is 424. The number of nitrogens with zero attached hydrogens (tertiary/aromatic N) is 1. The van der Waals surface area contributed by atoms with E-state index < -0.39 is 0 Å². The minimum atomic E-state index is -0.362. The smallest absolute Gasteiger partial charge is 0.236 e. The van der Waals surface area contributed by atoms with Gasteiger partial charge in [-0.05, 0) is 26.0 Å². The number of carbonyl (C=O) groups is 1. The summed E-state index contributed by atoms with van der Waals surface area (Å²) in [5.41, 5.74) is 1.36. The summed E-state index contributed by atoms with van der Waals surface area (Å²) in [4.78, 5) is 15.9. The first-order valence-electron chi connectivity index (χ1n) is 6.20. The summed E-state index contributed by atoms with van der Waals surface area (Å²) in [5.74, 6) is 0.0225. The lowest BCUT2D eigenvalue weighted by molar-refractivity contribution is -0.123. The van der Waals surface area contributed by atoms with Crippen molar-refractivity contribution in [3.05, 3.63) is 23.5 Å². The Balaban J connectivity index is 2.42. The third kappa shape index (κ3) is 5.23. The van der Waals surface area contributed by atoms with Crippen molar-refractivity contribution >= 4 is 5.91 Å². The number of carbonyl (C=O) groups excluding carboxylic acids is 1. The van der Waals surface area contributed by atoms with Gasteiger partial charge in [0.15, 0.2) is 0 Å². The van der Waals surface area contributed by atoms with E-state index in [0.717, 1.165) is 5.69 Å². The predicted molar refractivity (Wildman–Crippen MR) is 71.8 cm³/mol. The molecule has 6 nitrogen and oxygen atoms in total. The van der Waals surface area contributed by atoms with E-state index in [0.29, 0.717) is 25.4 Å². The summed E-state index contributed by atoms with van der Waals surface area (Å²) in [6.45, 7) is 4.92. The highest BCUT2D eigenvalue weighted by Gasteiger charge is 2.12. The Hall–Kier alpha value is -1.66. The molecule has 0 aliphatic carbocycles. The van der Waals surface area contributed by atoms with Crippen LogP contribution in [0.1, 0.15) is 18.3 Å². The van der Waals surface area contributed by atoms with Crippen molar-refractivity contribution in [3.63, 3.8) is 0 Å². The summed E-state index contributed by atoms with van der Waals surface area (Å²) in [7, 11) is 1.58. The van der Waals surface area contributed by atoms with Gasteiger partial charge in [0.2, 0.25) is 5.91 Å². The maximum absolute atomic E-state index is 11.7. The number of aryl methyl sites for hydroxylation is 1. The van der Waals surface area contributed by atoms with Gasteiger partial charge >= 0.3 is 0 Å². The lowest BCUT2D eigenvalue weighted by Crippen LogP contribution is -2.42. The number of aromatic nitrogens is 1. The van der Waals surface area contributed by atoms with E-state index in [-0.39, 0.29) is 17.7 Å². The summed E-state index contributed by atoms with van der Waals surface area (Å²) in [6.07, 6.45) is 0. The SMILES string of the molecule is COCCNC(=O)C(C)NCc1nc(C)ccc1O. The van der Waals surface area contributed by atoms with E-state index in [9.17, 15) is 9.90 Å². The van der Waals surface area contributed by atoms with Gasteiger partial charge in [0.05, 0.1) is 18.3 Å². The first-order chi connectivity index (χ1) is 9.04. The highest BCUT2D eigenvalue weighted by atomic mass is 16.5. The topological polar surface area (TPSA) is 83.5 Å². The molecule has 0 saturated heterocycles. The molecule has 1 aromatic heterocycles. The van der Waals surface area contributed by atoms with Crippen LogP contribution in [0.2, 0.25) is 0 Å². The van der Waals surface area contributed by atoms with Crippen molar-refractivity contribution in [1.82, 2.24) is 15.6 Å². The fraction of sp³-hybridized carbons (Fsp3) is 0.538. The van der Waals surface area contributed by atoms with Crippen LogP contribution in [-0.4, -0.2) is 42.3 Å². The number of pyridine rings is 1. The minimum absolute atomic E-state index is 0.107. The fourth-order valence-electron chi connectivity index (χ4n) is 1.51. The number of amides is 1. The number of hydrogen-bond donors (Lipinski definition) is 3. The van der Waals surface area contributed by atoms with Gasteiger partial charge < -0.3 is 20.5 Å². The van der Waals surface area contributed by atoms with Gasteiger partial charge in [-0.15, -0.1) is 0 Å². The third-order valence-corrected chi connectivity index (χ3v) is 2.66. The summed E-state index contributed by atoms with van der Waals surface area (Å²) < 4.78 is 4.85. The van der Waals surface area contributed by atoms with Crippen LogP contribution >= 0.6 is 0 Å². The van der Waals surface area contributed by atoms with Crippen LogP contribution < -0.4 is 10.6 Å². The molecule has 6 heteroatoms. The first kappa shape index (κ1) is 15.4. The zero-order chi connectivity index (χ0) is 14.3. The molecule has 1 atom stereocenters. The van der Waals surface area contributed by atoms with E-state index in [1.165, 1.54) is 0 Å². The van der Waals surface area contributed by atoms with Crippen LogP contribution in [0.4, 0.5) is 0 Å². The van der Waals surface area contributed by atoms with Gasteiger partial charge in [-0.2, -0.15) is 0 Å². The zero-order valence-electron chi connectivity index (χ0n) is 11.6. The van der Waals surface area contributed by atoms with Crippen molar-refractivity contribution in [1.29, 1.82) is 0 Å². The number of ether oxygens (including phenoxy) is 1. The third-order valence-electron chi connectivity index (χ3n) is 2.66. The summed E-state index contributed by atoms with van der Waals surface area (Å²) in [5, 5.41) is 15.4. The maximum Gasteiger partial charge on any atom is 0.236 e. The zero-order valence-corrected chi connectivity index (χ0v) is 11.6. The quantitative estimate of drug-likeness (QED) is 0.620. The Morgan fingerprint density at radius 3 is 2.95 bits per heavy atom. The first-order valence-corrected chi connectivity index (χ1v) is 6.20. The van der Waals surface area contributed by atoms with Crippen molar-refractivity contribution in [2.75, 3.05) is 20.3 Å². The molecule has 106 valence electrons. The van der Waals surface area contributed by atoms with Gasteiger partial charge in [0, 0.05) is 25.9 Å². The fourth-order valence-corrected chi connectivity index (χ4v) is 1.51. The molecule has 0 saturated carbocycles.